The van der Waals surface area contributed by atoms with E-state index in [9.17, 15) is 5.11 Å². The zero-order valence-corrected chi connectivity index (χ0v) is 9.21. The van der Waals surface area contributed by atoms with Crippen LogP contribution in [-0.4, -0.2) is 20.8 Å². The van der Waals surface area contributed by atoms with Gasteiger partial charge < -0.3 is 9.67 Å². The Labute approximate surface area is 94.7 Å². The van der Waals surface area contributed by atoms with Gasteiger partial charge in [0.15, 0.2) is 0 Å². The first kappa shape index (κ1) is 9.85. The van der Waals surface area contributed by atoms with Gasteiger partial charge in [-0.15, -0.1) is 0 Å². The zero-order chi connectivity index (χ0) is 11.0. The molecule has 0 unspecified atom stereocenters. The first-order valence-corrected chi connectivity index (χ1v) is 5.96. The van der Waals surface area contributed by atoms with Crippen LogP contribution in [0.1, 0.15) is 31.7 Å². The van der Waals surface area contributed by atoms with Crippen molar-refractivity contribution in [2.24, 2.45) is 0 Å². The first-order chi connectivity index (χ1) is 7.86. The third kappa shape index (κ3) is 1.52. The third-order valence-electron chi connectivity index (χ3n) is 3.53. The van der Waals surface area contributed by atoms with Gasteiger partial charge in [-0.25, -0.2) is 4.98 Å². The molecule has 1 heterocycles. The highest BCUT2D eigenvalue weighted by atomic mass is 16.3. The number of fused-ring (bicyclic) bond motifs is 1. The van der Waals surface area contributed by atoms with Gasteiger partial charge >= 0.3 is 0 Å². The molecule has 2 atom stereocenters. The Bertz CT molecular complexity index is 491. The van der Waals surface area contributed by atoms with E-state index in [2.05, 4.69) is 15.6 Å². The molecule has 84 valence electrons. The van der Waals surface area contributed by atoms with Crippen LogP contribution in [0.15, 0.2) is 30.6 Å². The molecule has 3 rings (SSSR count). The van der Waals surface area contributed by atoms with E-state index in [-0.39, 0.29) is 12.1 Å². The lowest BCUT2D eigenvalue weighted by atomic mass is 9.92. The van der Waals surface area contributed by atoms with Crippen molar-refractivity contribution in [2.75, 3.05) is 0 Å². The molecule has 2 aromatic rings. The average molecular weight is 216 g/mol. The third-order valence-corrected chi connectivity index (χ3v) is 3.53. The van der Waals surface area contributed by atoms with E-state index < -0.39 is 0 Å². The fourth-order valence-electron chi connectivity index (χ4n) is 2.66. The second kappa shape index (κ2) is 3.91. The van der Waals surface area contributed by atoms with Crippen LogP contribution in [0.25, 0.3) is 11.0 Å². The molecule has 1 aliphatic rings. The number of aliphatic hydroxyl groups is 1. The van der Waals surface area contributed by atoms with Gasteiger partial charge in [-0.3, -0.25) is 0 Å². The minimum Gasteiger partial charge on any atom is -0.391 e. The number of para-hydroxylation sites is 2. The molecule has 0 radical (unpaired) electrons. The second-order valence-electron chi connectivity index (χ2n) is 4.56. The Kier molecular flexibility index (Phi) is 2.40. The summed E-state index contributed by atoms with van der Waals surface area (Å²) in [5.74, 6) is 0. The summed E-state index contributed by atoms with van der Waals surface area (Å²) < 4.78 is 2.14. The van der Waals surface area contributed by atoms with Crippen molar-refractivity contribution in [3.05, 3.63) is 30.6 Å². The van der Waals surface area contributed by atoms with E-state index in [1.54, 1.807) is 0 Å². The number of hydrogen-bond donors (Lipinski definition) is 1. The molecule has 1 saturated carbocycles. The molecule has 3 heteroatoms. The van der Waals surface area contributed by atoms with Gasteiger partial charge in [0.25, 0.3) is 0 Å². The van der Waals surface area contributed by atoms with Crippen LogP contribution in [-0.2, 0) is 0 Å². The average Bonchev–Trinajstić information content (AvgIpc) is 2.74. The van der Waals surface area contributed by atoms with Crippen molar-refractivity contribution in [3.63, 3.8) is 0 Å². The molecule has 3 nitrogen and oxygen atoms in total. The maximum Gasteiger partial charge on any atom is 0.0961 e. The molecule has 0 bridgehead atoms. The molecule has 1 N–H and O–H groups in total. The highest BCUT2D eigenvalue weighted by Gasteiger charge is 2.25. The Morgan fingerprint density at radius 3 is 2.88 bits per heavy atom. The number of nitrogens with zero attached hydrogens (tertiary/aromatic N) is 2. The molecule has 1 fully saturated rings. The van der Waals surface area contributed by atoms with Crippen molar-refractivity contribution in [3.8, 4) is 0 Å². The van der Waals surface area contributed by atoms with E-state index >= 15 is 0 Å². The van der Waals surface area contributed by atoms with Crippen LogP contribution in [0.3, 0.4) is 0 Å². The van der Waals surface area contributed by atoms with Crippen molar-refractivity contribution in [1.29, 1.82) is 0 Å². The van der Waals surface area contributed by atoms with Crippen LogP contribution in [0.5, 0.6) is 0 Å². The fourth-order valence-corrected chi connectivity index (χ4v) is 2.66. The molecule has 16 heavy (non-hydrogen) atoms. The van der Waals surface area contributed by atoms with Crippen LogP contribution in [0.4, 0.5) is 0 Å². The van der Waals surface area contributed by atoms with E-state index in [0.717, 1.165) is 30.3 Å². The predicted molar refractivity (Wildman–Crippen MR) is 63.2 cm³/mol. The van der Waals surface area contributed by atoms with Crippen molar-refractivity contribution in [1.82, 2.24) is 9.55 Å². The molecule has 0 saturated heterocycles. The summed E-state index contributed by atoms with van der Waals surface area (Å²) in [6.45, 7) is 0. The number of aromatic nitrogens is 2. The Balaban J connectivity index is 2.04. The van der Waals surface area contributed by atoms with Crippen LogP contribution >= 0.6 is 0 Å². The largest absolute Gasteiger partial charge is 0.391 e. The predicted octanol–water partition coefficient (Wildman–Crippen LogP) is 2.51. The topological polar surface area (TPSA) is 38.0 Å². The highest BCUT2D eigenvalue weighted by molar-refractivity contribution is 5.75. The summed E-state index contributed by atoms with van der Waals surface area (Å²) in [5, 5.41) is 10.1. The van der Waals surface area contributed by atoms with E-state index in [1.165, 1.54) is 6.42 Å². The SMILES string of the molecule is O[C@@H]1CCCC[C@H]1n1cnc2ccccc21. The molecular formula is C13H16N2O. The standard InChI is InChI=1S/C13H16N2O/c16-13-8-4-3-7-12(13)15-9-14-10-5-1-2-6-11(10)15/h1-2,5-6,9,12-13,16H,3-4,7-8H2/t12-,13-/m1/s1. The van der Waals surface area contributed by atoms with Crippen LogP contribution < -0.4 is 0 Å². The van der Waals surface area contributed by atoms with Gasteiger partial charge in [0.2, 0.25) is 0 Å². The summed E-state index contributed by atoms with van der Waals surface area (Å²) in [6, 6.07) is 8.32. The molecule has 0 aliphatic heterocycles. The minimum absolute atomic E-state index is 0.209. The molecular weight excluding hydrogens is 200 g/mol. The van der Waals surface area contributed by atoms with Crippen molar-refractivity contribution < 1.29 is 5.11 Å². The maximum atomic E-state index is 10.1. The fraction of sp³-hybridized carbons (Fsp3) is 0.462. The monoisotopic (exact) mass is 216 g/mol. The normalized spacial score (nSPS) is 26.1. The molecule has 0 spiro atoms. The van der Waals surface area contributed by atoms with Gasteiger partial charge in [0, 0.05) is 0 Å². The smallest absolute Gasteiger partial charge is 0.0961 e. The molecule has 1 aliphatic carbocycles. The summed E-state index contributed by atoms with van der Waals surface area (Å²) >= 11 is 0. The van der Waals surface area contributed by atoms with Crippen molar-refractivity contribution >= 4 is 11.0 Å². The Morgan fingerprint density at radius 2 is 2.00 bits per heavy atom. The maximum absolute atomic E-state index is 10.1. The molecule has 1 aromatic heterocycles. The van der Waals surface area contributed by atoms with Crippen LogP contribution in [0.2, 0.25) is 0 Å². The lowest BCUT2D eigenvalue weighted by Crippen LogP contribution is -2.27. The lowest BCUT2D eigenvalue weighted by Gasteiger charge is -2.29. The van der Waals surface area contributed by atoms with E-state index in [4.69, 9.17) is 0 Å². The Hall–Kier alpha value is -1.35. The molecule has 0 amide bonds. The second-order valence-corrected chi connectivity index (χ2v) is 4.56. The summed E-state index contributed by atoms with van der Waals surface area (Å²) in [4.78, 5) is 4.38. The first-order valence-electron chi connectivity index (χ1n) is 5.96. The van der Waals surface area contributed by atoms with E-state index in [1.807, 2.05) is 24.5 Å². The van der Waals surface area contributed by atoms with Gasteiger partial charge in [-0.1, -0.05) is 25.0 Å². The quantitative estimate of drug-likeness (QED) is 0.795. The van der Waals surface area contributed by atoms with E-state index in [0.29, 0.717) is 0 Å². The number of aliphatic hydroxyl groups excluding tert-OH is 1. The number of benzene rings is 1. The lowest BCUT2D eigenvalue weighted by molar-refractivity contribution is 0.0773. The highest BCUT2D eigenvalue weighted by Crippen LogP contribution is 2.30. The summed E-state index contributed by atoms with van der Waals surface area (Å²) in [7, 11) is 0. The summed E-state index contributed by atoms with van der Waals surface area (Å²) in [6.07, 6.45) is 5.97. The number of imidazole rings is 1. The van der Waals surface area contributed by atoms with Gasteiger partial charge in [-0.2, -0.15) is 0 Å². The zero-order valence-electron chi connectivity index (χ0n) is 9.21. The summed E-state index contributed by atoms with van der Waals surface area (Å²) in [5.41, 5.74) is 2.15. The molecule has 1 aromatic carbocycles. The van der Waals surface area contributed by atoms with Crippen molar-refractivity contribution in [2.45, 2.75) is 37.8 Å². The Morgan fingerprint density at radius 1 is 1.19 bits per heavy atom. The van der Waals surface area contributed by atoms with Gasteiger partial charge in [0.05, 0.1) is 29.5 Å². The van der Waals surface area contributed by atoms with Gasteiger partial charge in [-0.05, 0) is 25.0 Å². The number of rotatable bonds is 1. The minimum atomic E-state index is -0.216. The van der Waals surface area contributed by atoms with Gasteiger partial charge in [0.1, 0.15) is 0 Å². The van der Waals surface area contributed by atoms with Crippen LogP contribution in [0, 0.1) is 0 Å². The number of hydrogen-bond acceptors (Lipinski definition) is 2.